The highest BCUT2D eigenvalue weighted by Crippen LogP contribution is 2.29. The molecule has 1 amide bonds. The van der Waals surface area contributed by atoms with E-state index in [1.165, 1.54) is 0 Å². The molecule has 108 valence electrons. The van der Waals surface area contributed by atoms with E-state index in [0.29, 0.717) is 5.13 Å². The summed E-state index contributed by atoms with van der Waals surface area (Å²) in [6.07, 6.45) is 0. The van der Waals surface area contributed by atoms with Crippen LogP contribution < -0.4 is 16.0 Å². The SMILES string of the molecule is CN(C)c1nc(N)c(C(=O)NCCSC(F)(F)F)s1. The van der Waals surface area contributed by atoms with E-state index in [9.17, 15) is 18.0 Å². The van der Waals surface area contributed by atoms with Gasteiger partial charge in [0, 0.05) is 26.4 Å². The third kappa shape index (κ3) is 5.15. The first kappa shape index (κ1) is 15.9. The fourth-order valence-electron chi connectivity index (χ4n) is 1.09. The van der Waals surface area contributed by atoms with E-state index >= 15 is 0 Å². The van der Waals surface area contributed by atoms with Crippen molar-refractivity contribution >= 4 is 40.0 Å². The standard InChI is InChI=1S/C9H13F3N4OS2/c1-16(2)8-15-6(13)5(19-8)7(17)14-3-4-18-9(10,11)12/h3-4,13H2,1-2H3,(H,14,17). The fourth-order valence-corrected chi connectivity index (χ4v) is 2.35. The number of anilines is 2. The van der Waals surface area contributed by atoms with E-state index < -0.39 is 11.4 Å². The van der Waals surface area contributed by atoms with Crippen LogP contribution in [0, 0.1) is 0 Å². The normalized spacial score (nSPS) is 11.4. The van der Waals surface area contributed by atoms with Crippen molar-refractivity contribution < 1.29 is 18.0 Å². The van der Waals surface area contributed by atoms with Gasteiger partial charge in [0.05, 0.1) is 0 Å². The number of aromatic nitrogens is 1. The van der Waals surface area contributed by atoms with Gasteiger partial charge in [-0.3, -0.25) is 4.79 Å². The molecule has 0 unspecified atom stereocenters. The Bertz CT molecular complexity index is 447. The lowest BCUT2D eigenvalue weighted by Gasteiger charge is -2.06. The van der Waals surface area contributed by atoms with Crippen LogP contribution in [-0.2, 0) is 0 Å². The van der Waals surface area contributed by atoms with Crippen LogP contribution >= 0.6 is 23.1 Å². The van der Waals surface area contributed by atoms with Crippen LogP contribution in [0.1, 0.15) is 9.67 Å². The first-order valence-corrected chi connectivity index (χ1v) is 6.93. The average Bonchev–Trinajstić information content (AvgIpc) is 2.65. The summed E-state index contributed by atoms with van der Waals surface area (Å²) in [5.74, 6) is -0.672. The summed E-state index contributed by atoms with van der Waals surface area (Å²) >= 11 is 0.907. The van der Waals surface area contributed by atoms with Gasteiger partial charge in [0.15, 0.2) is 5.13 Å². The Balaban J connectivity index is 2.50. The zero-order valence-electron chi connectivity index (χ0n) is 10.2. The molecular formula is C9H13F3N4OS2. The summed E-state index contributed by atoms with van der Waals surface area (Å²) in [6, 6.07) is 0. The van der Waals surface area contributed by atoms with Crippen molar-refractivity contribution in [2.75, 3.05) is 37.0 Å². The molecule has 0 atom stereocenters. The summed E-state index contributed by atoms with van der Waals surface area (Å²) < 4.78 is 35.6. The van der Waals surface area contributed by atoms with Crippen LogP contribution in [0.15, 0.2) is 0 Å². The van der Waals surface area contributed by atoms with E-state index in [4.69, 9.17) is 5.73 Å². The zero-order chi connectivity index (χ0) is 14.6. The number of nitrogens with two attached hydrogens (primary N) is 1. The summed E-state index contributed by atoms with van der Waals surface area (Å²) in [4.78, 5) is 17.6. The molecule has 1 rings (SSSR count). The van der Waals surface area contributed by atoms with Crippen molar-refractivity contribution in [3.63, 3.8) is 0 Å². The fraction of sp³-hybridized carbons (Fsp3) is 0.556. The third-order valence-electron chi connectivity index (χ3n) is 1.88. The maximum absolute atomic E-state index is 11.9. The largest absolute Gasteiger partial charge is 0.441 e. The van der Waals surface area contributed by atoms with Crippen molar-refractivity contribution in [3.8, 4) is 0 Å². The number of nitrogens with one attached hydrogen (secondary N) is 1. The molecule has 1 aromatic heterocycles. The van der Waals surface area contributed by atoms with Crippen LogP contribution in [-0.4, -0.2) is 42.8 Å². The van der Waals surface area contributed by atoms with Gasteiger partial charge in [-0.2, -0.15) is 13.2 Å². The number of nitrogen functional groups attached to an aromatic ring is 1. The molecule has 0 aliphatic carbocycles. The van der Waals surface area contributed by atoms with Crippen molar-refractivity contribution in [1.82, 2.24) is 10.3 Å². The van der Waals surface area contributed by atoms with E-state index in [1.54, 1.807) is 19.0 Å². The molecule has 19 heavy (non-hydrogen) atoms. The summed E-state index contributed by atoms with van der Waals surface area (Å²) in [5, 5.41) is 2.94. The lowest BCUT2D eigenvalue weighted by Crippen LogP contribution is -2.26. The molecule has 0 fully saturated rings. The number of amides is 1. The second kappa shape index (κ2) is 6.33. The number of carbonyl (C=O) groups excluding carboxylic acids is 1. The number of thiazole rings is 1. The maximum Gasteiger partial charge on any atom is 0.441 e. The first-order chi connectivity index (χ1) is 8.70. The van der Waals surface area contributed by atoms with Crippen molar-refractivity contribution in [1.29, 1.82) is 0 Å². The van der Waals surface area contributed by atoms with Crippen LogP contribution in [0.3, 0.4) is 0 Å². The van der Waals surface area contributed by atoms with Crippen LogP contribution in [0.25, 0.3) is 0 Å². The zero-order valence-corrected chi connectivity index (χ0v) is 11.9. The van der Waals surface area contributed by atoms with Gasteiger partial charge in [-0.1, -0.05) is 11.3 Å². The number of alkyl halides is 3. The molecule has 0 aromatic carbocycles. The third-order valence-corrected chi connectivity index (χ3v) is 3.86. The highest BCUT2D eigenvalue weighted by atomic mass is 32.2. The van der Waals surface area contributed by atoms with Gasteiger partial charge in [0.2, 0.25) is 0 Å². The van der Waals surface area contributed by atoms with Crippen LogP contribution in [0.4, 0.5) is 24.1 Å². The van der Waals surface area contributed by atoms with Gasteiger partial charge >= 0.3 is 5.51 Å². The molecule has 0 saturated carbocycles. The summed E-state index contributed by atoms with van der Waals surface area (Å²) in [5.41, 5.74) is 1.29. The lowest BCUT2D eigenvalue weighted by molar-refractivity contribution is -0.0327. The summed E-state index contributed by atoms with van der Waals surface area (Å²) in [6.45, 7) is -0.0857. The molecule has 0 aliphatic heterocycles. The highest BCUT2D eigenvalue weighted by Gasteiger charge is 2.27. The lowest BCUT2D eigenvalue weighted by atomic mass is 10.4. The second-order valence-electron chi connectivity index (χ2n) is 3.66. The molecule has 0 bridgehead atoms. The van der Waals surface area contributed by atoms with Gasteiger partial charge < -0.3 is 16.0 Å². The van der Waals surface area contributed by atoms with Gasteiger partial charge in [-0.15, -0.1) is 0 Å². The maximum atomic E-state index is 11.9. The molecule has 0 aliphatic rings. The predicted octanol–water partition coefficient (Wildman–Crippen LogP) is 1.77. The van der Waals surface area contributed by atoms with Crippen LogP contribution in [0.2, 0.25) is 0 Å². The Labute approximate surface area is 116 Å². The number of nitrogens with zero attached hydrogens (tertiary/aromatic N) is 2. The molecule has 5 nitrogen and oxygen atoms in total. The molecule has 10 heteroatoms. The van der Waals surface area contributed by atoms with E-state index in [1.807, 2.05) is 0 Å². The van der Waals surface area contributed by atoms with Crippen molar-refractivity contribution in [3.05, 3.63) is 4.88 Å². The number of carbonyl (C=O) groups is 1. The number of hydrogen-bond donors (Lipinski definition) is 2. The van der Waals surface area contributed by atoms with E-state index in [-0.39, 0.29) is 34.8 Å². The molecule has 3 N–H and O–H groups in total. The smallest absolute Gasteiger partial charge is 0.382 e. The number of rotatable bonds is 5. The molecule has 0 spiro atoms. The number of hydrogen-bond acceptors (Lipinski definition) is 6. The van der Waals surface area contributed by atoms with Crippen molar-refractivity contribution in [2.45, 2.75) is 5.51 Å². The monoisotopic (exact) mass is 314 g/mol. The number of thioether (sulfide) groups is 1. The Hall–Kier alpha value is -1.16. The van der Waals surface area contributed by atoms with E-state index in [2.05, 4.69) is 10.3 Å². The highest BCUT2D eigenvalue weighted by molar-refractivity contribution is 8.00. The topological polar surface area (TPSA) is 71.2 Å². The van der Waals surface area contributed by atoms with Crippen molar-refractivity contribution in [2.24, 2.45) is 0 Å². The molecular weight excluding hydrogens is 301 g/mol. The summed E-state index contributed by atoms with van der Waals surface area (Å²) in [7, 11) is 3.50. The molecule has 0 radical (unpaired) electrons. The van der Waals surface area contributed by atoms with E-state index in [0.717, 1.165) is 11.3 Å². The Morgan fingerprint density at radius 3 is 2.63 bits per heavy atom. The molecule has 1 aromatic rings. The minimum atomic E-state index is -4.29. The average molecular weight is 314 g/mol. The minimum Gasteiger partial charge on any atom is -0.382 e. The molecule has 1 heterocycles. The predicted molar refractivity (Wildman–Crippen MR) is 71.7 cm³/mol. The van der Waals surface area contributed by atoms with Gasteiger partial charge in [-0.25, -0.2) is 4.98 Å². The number of halogens is 3. The Morgan fingerprint density at radius 2 is 2.16 bits per heavy atom. The first-order valence-electron chi connectivity index (χ1n) is 5.13. The van der Waals surface area contributed by atoms with Crippen LogP contribution in [0.5, 0.6) is 0 Å². The quantitative estimate of drug-likeness (QED) is 0.811. The second-order valence-corrected chi connectivity index (χ2v) is 5.79. The minimum absolute atomic E-state index is 0.0784. The Morgan fingerprint density at radius 1 is 1.53 bits per heavy atom. The molecule has 0 saturated heterocycles. The van der Waals surface area contributed by atoms with Gasteiger partial charge in [0.25, 0.3) is 5.91 Å². The van der Waals surface area contributed by atoms with Gasteiger partial charge in [-0.05, 0) is 11.8 Å². The Kier molecular flexibility index (Phi) is 5.29. The van der Waals surface area contributed by atoms with Gasteiger partial charge in [0.1, 0.15) is 10.7 Å².